The van der Waals surface area contributed by atoms with Gasteiger partial charge in [-0.15, -0.1) is 10.2 Å². The van der Waals surface area contributed by atoms with Crippen molar-refractivity contribution in [1.82, 2.24) is 34.7 Å². The van der Waals surface area contributed by atoms with Gasteiger partial charge in [0.15, 0.2) is 11.5 Å². The van der Waals surface area contributed by atoms with Crippen LogP contribution in [0, 0.1) is 0 Å². The maximum atomic E-state index is 9.18. The first-order chi connectivity index (χ1) is 16.5. The first-order valence-corrected chi connectivity index (χ1v) is 11.7. The number of aryl methyl sites for hydroxylation is 1. The van der Waals surface area contributed by atoms with E-state index in [1.165, 1.54) is 44.9 Å². The topological polar surface area (TPSA) is 142 Å². The molecule has 0 aliphatic heterocycles. The zero-order chi connectivity index (χ0) is 24.5. The molecule has 2 N–H and O–H groups in total. The second-order valence-corrected chi connectivity index (χ2v) is 8.66. The Labute approximate surface area is 206 Å². The van der Waals surface area contributed by atoms with E-state index in [0.717, 1.165) is 6.42 Å². The van der Waals surface area contributed by atoms with Gasteiger partial charge in [-0.1, -0.05) is 11.6 Å². The minimum absolute atomic E-state index is 0.0961. The second-order valence-electron chi connectivity index (χ2n) is 7.04. The molecule has 34 heavy (non-hydrogen) atoms. The molecular weight excluding hydrogens is 484 g/mol. The van der Waals surface area contributed by atoms with Crippen LogP contribution in [0.1, 0.15) is 37.5 Å². The molecular formula is C20H27ClN8O4S. The number of hydrogen-bond acceptors (Lipinski definition) is 12. The normalized spacial score (nSPS) is 12.9. The summed E-state index contributed by atoms with van der Waals surface area (Å²) < 4.78 is 21.6. The second kappa shape index (κ2) is 12.6. The number of nitrogens with one attached hydrogen (secondary N) is 1. The van der Waals surface area contributed by atoms with E-state index in [1.54, 1.807) is 11.7 Å². The summed E-state index contributed by atoms with van der Waals surface area (Å²) in [5.41, 5.74) is 0.469. The first kappa shape index (κ1) is 25.9. The van der Waals surface area contributed by atoms with Crippen molar-refractivity contribution in [2.45, 2.75) is 37.5 Å². The van der Waals surface area contributed by atoms with Crippen LogP contribution in [0.2, 0.25) is 5.02 Å². The fourth-order valence-corrected chi connectivity index (χ4v) is 4.07. The molecule has 2 unspecified atom stereocenters. The molecule has 3 aromatic heterocycles. The van der Waals surface area contributed by atoms with Crippen LogP contribution in [0.5, 0.6) is 11.8 Å². The molecule has 0 saturated heterocycles. The van der Waals surface area contributed by atoms with Crippen LogP contribution in [-0.2, 0) is 11.2 Å². The number of unbranched alkanes of at least 4 members (excludes halogenated alkanes) is 1. The Kier molecular flexibility index (Phi) is 9.62. The van der Waals surface area contributed by atoms with Gasteiger partial charge in [-0.05, 0) is 31.7 Å². The van der Waals surface area contributed by atoms with Gasteiger partial charge in [0.25, 0.3) is 0 Å². The first-order valence-electron chi connectivity index (χ1n) is 10.4. The maximum absolute atomic E-state index is 9.18. The Hall–Kier alpha value is -2.74. The zero-order valence-corrected chi connectivity index (χ0v) is 20.9. The molecule has 0 spiro atoms. The third-order valence-electron chi connectivity index (χ3n) is 4.82. The summed E-state index contributed by atoms with van der Waals surface area (Å²) in [7, 11) is 4.62. The molecule has 0 aromatic carbocycles. The standard InChI is InChI=1S/C20H27ClN8O4S/c1-12(16(31-2)17-22-9-13(21)10-23-17)34-28-20-27-26-14(7-5-6-8-30)29(20)15-18(32-3)24-11-25-19(15)33-4/h9-12,16,30H,5-8H2,1-4H3,(H,27,28). The fraction of sp³-hybridized carbons (Fsp3) is 0.500. The van der Waals surface area contributed by atoms with E-state index in [1.807, 2.05) is 6.92 Å². The van der Waals surface area contributed by atoms with E-state index in [-0.39, 0.29) is 11.9 Å². The highest BCUT2D eigenvalue weighted by Gasteiger charge is 2.26. The molecule has 0 saturated carbocycles. The lowest BCUT2D eigenvalue weighted by atomic mass is 10.2. The molecule has 3 heterocycles. The van der Waals surface area contributed by atoms with Gasteiger partial charge in [-0.3, -0.25) is 9.29 Å². The molecule has 0 aliphatic rings. The molecule has 3 aromatic rings. The molecule has 3 rings (SSSR count). The smallest absolute Gasteiger partial charge is 0.245 e. The summed E-state index contributed by atoms with van der Waals surface area (Å²) in [6.45, 7) is 2.07. The minimum atomic E-state index is -0.403. The van der Waals surface area contributed by atoms with Gasteiger partial charge in [-0.25, -0.2) is 9.97 Å². The minimum Gasteiger partial charge on any atom is -0.479 e. The van der Waals surface area contributed by atoms with Gasteiger partial charge in [0.05, 0.1) is 24.5 Å². The van der Waals surface area contributed by atoms with E-state index in [0.29, 0.717) is 52.9 Å². The molecule has 12 nitrogen and oxygen atoms in total. The molecule has 0 amide bonds. The summed E-state index contributed by atoms with van der Waals surface area (Å²) >= 11 is 7.27. The quantitative estimate of drug-likeness (QED) is 0.257. The number of rotatable bonds is 13. The average Bonchev–Trinajstić information content (AvgIpc) is 3.26. The van der Waals surface area contributed by atoms with Gasteiger partial charge in [-0.2, -0.15) is 9.97 Å². The maximum Gasteiger partial charge on any atom is 0.245 e. The highest BCUT2D eigenvalue weighted by molar-refractivity contribution is 8.01. The number of aromatic nitrogens is 7. The van der Waals surface area contributed by atoms with Crippen LogP contribution in [0.3, 0.4) is 0 Å². The predicted molar refractivity (Wildman–Crippen MR) is 128 cm³/mol. The van der Waals surface area contributed by atoms with Crippen LogP contribution < -0.4 is 14.2 Å². The van der Waals surface area contributed by atoms with Crippen LogP contribution in [0.15, 0.2) is 18.7 Å². The SMILES string of the molecule is COc1ncnc(OC)c1-n1c(CCCCO)nnc1NSC(C)C(OC)c1ncc(Cl)cn1. The molecule has 2 atom stereocenters. The van der Waals surface area contributed by atoms with E-state index >= 15 is 0 Å². The largest absolute Gasteiger partial charge is 0.479 e. The third kappa shape index (κ3) is 6.03. The predicted octanol–water partition coefficient (Wildman–Crippen LogP) is 2.67. The van der Waals surface area contributed by atoms with Gasteiger partial charge >= 0.3 is 0 Å². The molecule has 0 bridgehead atoms. The molecule has 0 fully saturated rings. The highest BCUT2D eigenvalue weighted by Crippen LogP contribution is 2.34. The van der Waals surface area contributed by atoms with E-state index in [4.69, 9.17) is 25.8 Å². The van der Waals surface area contributed by atoms with Crippen molar-refractivity contribution in [2.24, 2.45) is 0 Å². The number of nitrogens with zero attached hydrogens (tertiary/aromatic N) is 7. The molecule has 0 aliphatic carbocycles. The van der Waals surface area contributed by atoms with Crippen molar-refractivity contribution in [3.8, 4) is 17.4 Å². The lowest BCUT2D eigenvalue weighted by Gasteiger charge is -2.21. The lowest BCUT2D eigenvalue weighted by Crippen LogP contribution is -2.19. The molecule has 14 heteroatoms. The van der Waals surface area contributed by atoms with Gasteiger partial charge in [0, 0.05) is 32.5 Å². The van der Waals surface area contributed by atoms with Crippen molar-refractivity contribution in [3.63, 3.8) is 0 Å². The van der Waals surface area contributed by atoms with Crippen molar-refractivity contribution in [2.75, 3.05) is 32.7 Å². The van der Waals surface area contributed by atoms with Crippen LogP contribution in [-0.4, -0.2) is 73.0 Å². The highest BCUT2D eigenvalue weighted by atomic mass is 35.5. The Bertz CT molecular complexity index is 1030. The van der Waals surface area contributed by atoms with E-state index in [9.17, 15) is 5.11 Å². The molecule has 0 radical (unpaired) electrons. The van der Waals surface area contributed by atoms with Crippen molar-refractivity contribution < 1.29 is 19.3 Å². The van der Waals surface area contributed by atoms with Gasteiger partial charge in [0.1, 0.15) is 18.3 Å². The summed E-state index contributed by atoms with van der Waals surface area (Å²) in [5.74, 6) is 2.19. The fourth-order valence-electron chi connectivity index (χ4n) is 3.20. The Balaban J connectivity index is 1.91. The Morgan fingerprint density at radius 1 is 1.06 bits per heavy atom. The van der Waals surface area contributed by atoms with Crippen LogP contribution >= 0.6 is 23.5 Å². The third-order valence-corrected chi connectivity index (χ3v) is 5.93. The van der Waals surface area contributed by atoms with Crippen LogP contribution in [0.4, 0.5) is 5.95 Å². The summed E-state index contributed by atoms with van der Waals surface area (Å²) in [6.07, 6.45) is 5.94. The number of ether oxygens (including phenoxy) is 3. The summed E-state index contributed by atoms with van der Waals surface area (Å²) in [6, 6.07) is 0. The number of aliphatic hydroxyl groups excluding tert-OH is 1. The van der Waals surface area contributed by atoms with E-state index < -0.39 is 6.10 Å². The van der Waals surface area contributed by atoms with Crippen molar-refractivity contribution in [3.05, 3.63) is 35.4 Å². The van der Waals surface area contributed by atoms with Crippen molar-refractivity contribution >= 4 is 29.5 Å². The lowest BCUT2D eigenvalue weighted by molar-refractivity contribution is 0.0972. The molecule has 184 valence electrons. The summed E-state index contributed by atoms with van der Waals surface area (Å²) in [4.78, 5) is 17.0. The number of methoxy groups -OCH3 is 3. The number of halogens is 1. The Morgan fingerprint density at radius 3 is 2.32 bits per heavy atom. The Morgan fingerprint density at radius 2 is 1.74 bits per heavy atom. The van der Waals surface area contributed by atoms with Crippen LogP contribution in [0.25, 0.3) is 5.69 Å². The summed E-state index contributed by atoms with van der Waals surface area (Å²) in [5, 5.41) is 18.2. The monoisotopic (exact) mass is 510 g/mol. The number of anilines is 1. The zero-order valence-electron chi connectivity index (χ0n) is 19.3. The van der Waals surface area contributed by atoms with Crippen molar-refractivity contribution in [1.29, 1.82) is 0 Å². The van der Waals surface area contributed by atoms with Gasteiger partial charge in [0.2, 0.25) is 17.7 Å². The number of aliphatic hydroxyl groups is 1. The number of hydrogen-bond donors (Lipinski definition) is 2. The van der Waals surface area contributed by atoms with E-state index in [2.05, 4.69) is 34.9 Å². The average molecular weight is 511 g/mol. The van der Waals surface area contributed by atoms with Gasteiger partial charge < -0.3 is 19.3 Å².